The molecule has 0 fully saturated rings. The van der Waals surface area contributed by atoms with Gasteiger partial charge in [-0.15, -0.1) is 0 Å². The van der Waals surface area contributed by atoms with Crippen LogP contribution >= 0.6 is 11.8 Å². The second-order valence-electron chi connectivity index (χ2n) is 7.60. The summed E-state index contributed by atoms with van der Waals surface area (Å²) in [7, 11) is 0. The molecule has 1 heterocycles. The molecule has 0 spiro atoms. The molecule has 5 heteroatoms. The van der Waals surface area contributed by atoms with Gasteiger partial charge in [-0.3, -0.25) is 9.69 Å². The SMILES string of the molecule is C[C@H]1CCc2nc(SCC(=O)N(c3ccccc3)c3ccccc3)c(C#N)cc2C1. The van der Waals surface area contributed by atoms with E-state index in [1.807, 2.05) is 66.7 Å². The number of para-hydroxylation sites is 2. The molecule has 2 aromatic carbocycles. The van der Waals surface area contributed by atoms with E-state index in [-0.39, 0.29) is 11.7 Å². The van der Waals surface area contributed by atoms with Gasteiger partial charge < -0.3 is 0 Å². The molecule has 1 atom stereocenters. The zero-order chi connectivity index (χ0) is 20.9. The third kappa shape index (κ3) is 4.39. The van der Waals surface area contributed by atoms with Crippen LogP contribution in [0.1, 0.15) is 30.2 Å². The van der Waals surface area contributed by atoms with Gasteiger partial charge in [0.25, 0.3) is 0 Å². The molecule has 0 bridgehead atoms. The predicted octanol–water partition coefficient (Wildman–Crippen LogP) is 5.54. The van der Waals surface area contributed by atoms with Crippen LogP contribution in [0, 0.1) is 17.2 Å². The number of carbonyl (C=O) groups is 1. The Hall–Kier alpha value is -3.10. The lowest BCUT2D eigenvalue weighted by Gasteiger charge is -2.23. The Balaban J connectivity index is 1.58. The molecule has 4 rings (SSSR count). The molecule has 0 saturated heterocycles. The average molecular weight is 414 g/mol. The minimum Gasteiger partial charge on any atom is -0.280 e. The first-order chi connectivity index (χ1) is 14.7. The number of pyridine rings is 1. The zero-order valence-corrected chi connectivity index (χ0v) is 17.7. The third-order valence-electron chi connectivity index (χ3n) is 5.33. The molecule has 150 valence electrons. The molecule has 0 saturated carbocycles. The van der Waals surface area contributed by atoms with Crippen LogP contribution in [-0.2, 0) is 17.6 Å². The Morgan fingerprint density at radius 2 is 1.77 bits per heavy atom. The number of nitriles is 1. The maximum absolute atomic E-state index is 13.2. The van der Waals surface area contributed by atoms with Gasteiger partial charge >= 0.3 is 0 Å². The molecule has 0 unspecified atom stereocenters. The van der Waals surface area contributed by atoms with Crippen LogP contribution in [0.15, 0.2) is 71.8 Å². The van der Waals surface area contributed by atoms with Crippen LogP contribution in [0.3, 0.4) is 0 Å². The van der Waals surface area contributed by atoms with Crippen molar-refractivity contribution in [2.75, 3.05) is 10.7 Å². The Bertz CT molecular complexity index is 1040. The number of carbonyl (C=O) groups excluding carboxylic acids is 1. The van der Waals surface area contributed by atoms with Gasteiger partial charge in [-0.25, -0.2) is 4.98 Å². The summed E-state index contributed by atoms with van der Waals surface area (Å²) in [6, 6.07) is 23.5. The number of thioether (sulfide) groups is 1. The van der Waals surface area contributed by atoms with Gasteiger partial charge in [0.2, 0.25) is 5.91 Å². The minimum atomic E-state index is -0.0468. The second-order valence-corrected chi connectivity index (χ2v) is 8.56. The monoisotopic (exact) mass is 413 g/mol. The van der Waals surface area contributed by atoms with Crippen molar-refractivity contribution >= 4 is 29.0 Å². The number of hydrogen-bond acceptors (Lipinski definition) is 4. The van der Waals surface area contributed by atoms with Gasteiger partial charge in [-0.2, -0.15) is 5.26 Å². The topological polar surface area (TPSA) is 57.0 Å². The van der Waals surface area contributed by atoms with Gasteiger partial charge in [0, 0.05) is 17.1 Å². The van der Waals surface area contributed by atoms with Crippen LogP contribution in [0.4, 0.5) is 11.4 Å². The van der Waals surface area contributed by atoms with E-state index in [0.717, 1.165) is 36.3 Å². The fraction of sp³-hybridized carbons (Fsp3) is 0.240. The molecular weight excluding hydrogens is 390 g/mol. The molecule has 0 N–H and O–H groups in total. The molecule has 1 aliphatic carbocycles. The third-order valence-corrected chi connectivity index (χ3v) is 6.31. The van der Waals surface area contributed by atoms with Gasteiger partial charge in [0.05, 0.1) is 11.3 Å². The number of fused-ring (bicyclic) bond motifs is 1. The number of aryl methyl sites for hydroxylation is 1. The van der Waals surface area contributed by atoms with Crippen molar-refractivity contribution in [1.82, 2.24) is 4.98 Å². The normalized spacial score (nSPS) is 15.1. The molecule has 3 aromatic rings. The van der Waals surface area contributed by atoms with Crippen LogP contribution < -0.4 is 4.90 Å². The number of amides is 1. The van der Waals surface area contributed by atoms with Gasteiger partial charge in [-0.1, -0.05) is 55.1 Å². The molecule has 1 aromatic heterocycles. The van der Waals surface area contributed by atoms with Crippen molar-refractivity contribution in [3.8, 4) is 6.07 Å². The highest BCUT2D eigenvalue weighted by Crippen LogP contribution is 2.31. The molecule has 4 nitrogen and oxygen atoms in total. The van der Waals surface area contributed by atoms with Gasteiger partial charge in [0.15, 0.2) is 0 Å². The summed E-state index contributed by atoms with van der Waals surface area (Å²) in [6.07, 6.45) is 3.02. The lowest BCUT2D eigenvalue weighted by molar-refractivity contribution is -0.115. The average Bonchev–Trinajstić information content (AvgIpc) is 2.78. The number of aromatic nitrogens is 1. The number of nitrogens with zero attached hydrogens (tertiary/aromatic N) is 3. The van der Waals surface area contributed by atoms with Crippen LogP contribution in [-0.4, -0.2) is 16.6 Å². The molecule has 0 aliphatic heterocycles. The smallest absolute Gasteiger partial charge is 0.241 e. The second kappa shape index (κ2) is 9.15. The van der Waals surface area contributed by atoms with E-state index in [4.69, 9.17) is 4.98 Å². The van der Waals surface area contributed by atoms with E-state index in [0.29, 0.717) is 16.5 Å². The summed E-state index contributed by atoms with van der Waals surface area (Å²) in [4.78, 5) is 19.7. The van der Waals surface area contributed by atoms with Crippen molar-refractivity contribution in [1.29, 1.82) is 5.26 Å². The fourth-order valence-corrected chi connectivity index (χ4v) is 4.63. The molecule has 1 amide bonds. The number of anilines is 2. The van der Waals surface area contributed by atoms with E-state index in [1.54, 1.807) is 4.90 Å². The van der Waals surface area contributed by atoms with Gasteiger partial charge in [-0.05, 0) is 61.1 Å². The first-order valence-electron chi connectivity index (χ1n) is 10.1. The minimum absolute atomic E-state index is 0.0468. The first kappa shape index (κ1) is 20.2. The standard InChI is InChI=1S/C25H23N3OS/c1-18-12-13-23-19(14-18)15-20(16-26)25(27-23)30-17-24(29)28(21-8-4-2-5-9-21)22-10-6-3-7-11-22/h2-11,15,18H,12-14,17H2,1H3/t18-/m0/s1. The maximum atomic E-state index is 13.2. The molecular formula is C25H23N3OS. The summed E-state index contributed by atoms with van der Waals surface area (Å²) < 4.78 is 0. The van der Waals surface area contributed by atoms with Crippen molar-refractivity contribution in [3.63, 3.8) is 0 Å². The van der Waals surface area contributed by atoms with E-state index in [9.17, 15) is 10.1 Å². The Kier molecular flexibility index (Phi) is 6.15. The Labute approximate surface area is 181 Å². The van der Waals surface area contributed by atoms with Crippen molar-refractivity contribution in [2.24, 2.45) is 5.92 Å². The summed E-state index contributed by atoms with van der Waals surface area (Å²) in [5.41, 5.74) is 4.46. The van der Waals surface area contributed by atoms with Crippen molar-refractivity contribution in [3.05, 3.63) is 83.6 Å². The number of hydrogen-bond donors (Lipinski definition) is 0. The molecule has 30 heavy (non-hydrogen) atoms. The van der Waals surface area contributed by atoms with Crippen LogP contribution in [0.5, 0.6) is 0 Å². The lowest BCUT2D eigenvalue weighted by atomic mass is 9.87. The first-order valence-corrected chi connectivity index (χ1v) is 11.1. The van der Waals surface area contributed by atoms with E-state index in [1.165, 1.54) is 17.3 Å². The quantitative estimate of drug-likeness (QED) is 0.516. The van der Waals surface area contributed by atoms with E-state index < -0.39 is 0 Å². The Morgan fingerprint density at radius 3 is 2.37 bits per heavy atom. The summed E-state index contributed by atoms with van der Waals surface area (Å²) in [5.74, 6) is 0.784. The highest BCUT2D eigenvalue weighted by atomic mass is 32.2. The Morgan fingerprint density at radius 1 is 1.13 bits per heavy atom. The number of rotatable bonds is 5. The summed E-state index contributed by atoms with van der Waals surface area (Å²) in [6.45, 7) is 2.23. The zero-order valence-electron chi connectivity index (χ0n) is 16.9. The highest BCUT2D eigenvalue weighted by Gasteiger charge is 2.22. The highest BCUT2D eigenvalue weighted by molar-refractivity contribution is 8.00. The maximum Gasteiger partial charge on any atom is 0.241 e. The summed E-state index contributed by atoms with van der Waals surface area (Å²) >= 11 is 1.35. The van der Waals surface area contributed by atoms with Crippen molar-refractivity contribution in [2.45, 2.75) is 31.2 Å². The van der Waals surface area contributed by atoms with Crippen LogP contribution in [0.25, 0.3) is 0 Å². The lowest BCUT2D eigenvalue weighted by Crippen LogP contribution is -2.27. The van der Waals surface area contributed by atoms with Crippen LogP contribution in [0.2, 0.25) is 0 Å². The van der Waals surface area contributed by atoms with E-state index in [2.05, 4.69) is 13.0 Å². The number of benzene rings is 2. The molecule has 1 aliphatic rings. The van der Waals surface area contributed by atoms with E-state index >= 15 is 0 Å². The predicted molar refractivity (Wildman–Crippen MR) is 121 cm³/mol. The van der Waals surface area contributed by atoms with Gasteiger partial charge in [0.1, 0.15) is 11.1 Å². The summed E-state index contributed by atoms with van der Waals surface area (Å²) in [5, 5.41) is 10.3. The molecule has 0 radical (unpaired) electrons. The largest absolute Gasteiger partial charge is 0.280 e. The fourth-order valence-electron chi connectivity index (χ4n) is 3.80. The van der Waals surface area contributed by atoms with Crippen molar-refractivity contribution < 1.29 is 4.79 Å².